The van der Waals surface area contributed by atoms with Crippen LogP contribution in [0.1, 0.15) is 5.56 Å². The first-order valence-electron chi connectivity index (χ1n) is 3.72. The van der Waals surface area contributed by atoms with Crippen LogP contribution < -0.4 is 0 Å². The molecule has 0 atom stereocenters. The summed E-state index contributed by atoms with van der Waals surface area (Å²) in [5.74, 6) is 0. The van der Waals surface area contributed by atoms with Gasteiger partial charge in [0.05, 0.1) is 13.7 Å². The van der Waals surface area contributed by atoms with Crippen molar-refractivity contribution in [3.8, 4) is 0 Å². The van der Waals surface area contributed by atoms with Gasteiger partial charge in [0.1, 0.15) is 0 Å². The minimum absolute atomic E-state index is 0.476. The Kier molecular flexibility index (Phi) is 4.29. The third-order valence-electron chi connectivity index (χ3n) is 1.41. The van der Waals surface area contributed by atoms with Crippen LogP contribution in [0.4, 0.5) is 0 Å². The Morgan fingerprint density at radius 1 is 1.23 bits per heavy atom. The lowest BCUT2D eigenvalue weighted by molar-refractivity contribution is 0.282. The highest BCUT2D eigenvalue weighted by Gasteiger charge is 1.93. The van der Waals surface area contributed by atoms with Gasteiger partial charge in [-0.1, -0.05) is 35.4 Å². The first-order chi connectivity index (χ1) is 6.22. The van der Waals surface area contributed by atoms with Crippen molar-refractivity contribution in [2.45, 2.75) is 0 Å². The Morgan fingerprint density at radius 2 is 1.85 bits per heavy atom. The van der Waals surface area contributed by atoms with Crippen molar-refractivity contribution < 1.29 is 4.74 Å². The molecule has 0 aromatic heterocycles. The molecule has 69 valence electrons. The van der Waals surface area contributed by atoms with E-state index in [2.05, 4.69) is 11.8 Å². The van der Waals surface area contributed by atoms with Gasteiger partial charge in [-0.3, -0.25) is 0 Å². The minimum atomic E-state index is 0.476. The Bertz CT molecular complexity index is 288. The van der Waals surface area contributed by atoms with E-state index >= 15 is 0 Å². The number of ether oxygens (including phenoxy) is 1. The van der Waals surface area contributed by atoms with Crippen LogP contribution in [0.5, 0.6) is 0 Å². The summed E-state index contributed by atoms with van der Waals surface area (Å²) in [7, 11) is 3.25. The maximum Gasteiger partial charge on any atom is 0.0704 e. The Labute approximate surface area is 87.9 Å². The van der Waals surface area contributed by atoms with Crippen LogP contribution in [0.3, 0.4) is 0 Å². The topological polar surface area (TPSA) is 9.23 Å². The molecule has 1 radical (unpaired) electrons. The lowest BCUT2D eigenvalue weighted by Crippen LogP contribution is -1.78. The van der Waals surface area contributed by atoms with Gasteiger partial charge in [0.25, 0.3) is 0 Å². The van der Waals surface area contributed by atoms with Gasteiger partial charge in [-0.05, 0) is 23.8 Å². The molecule has 0 fully saturated rings. The van der Waals surface area contributed by atoms with Gasteiger partial charge in [-0.15, -0.1) is 0 Å². The summed E-state index contributed by atoms with van der Waals surface area (Å²) >= 11 is 11.6. The molecule has 0 bridgehead atoms. The van der Waals surface area contributed by atoms with E-state index in [1.165, 1.54) is 0 Å². The zero-order chi connectivity index (χ0) is 9.68. The molecule has 1 rings (SSSR count). The molecule has 1 aromatic carbocycles. The zero-order valence-electron chi connectivity index (χ0n) is 6.97. The molecule has 0 N–H and O–H groups in total. The van der Waals surface area contributed by atoms with Crippen molar-refractivity contribution in [2.75, 3.05) is 6.61 Å². The number of benzene rings is 1. The average Bonchev–Trinajstić information content (AvgIpc) is 2.03. The molecule has 3 heteroatoms. The summed E-state index contributed by atoms with van der Waals surface area (Å²) in [5.41, 5.74) is 0.953. The van der Waals surface area contributed by atoms with E-state index in [0.29, 0.717) is 16.7 Å². The number of hydrogen-bond donors (Lipinski definition) is 0. The van der Waals surface area contributed by atoms with E-state index in [4.69, 9.17) is 23.2 Å². The molecule has 0 unspecified atom stereocenters. The molecule has 0 aliphatic carbocycles. The van der Waals surface area contributed by atoms with Gasteiger partial charge < -0.3 is 4.74 Å². The SMILES string of the molecule is [CH2]OCC=Cc1cc(Cl)cc(Cl)c1. The van der Waals surface area contributed by atoms with Crippen LogP contribution in [-0.4, -0.2) is 6.61 Å². The number of halogens is 2. The van der Waals surface area contributed by atoms with Crippen molar-refractivity contribution in [1.29, 1.82) is 0 Å². The monoisotopic (exact) mass is 215 g/mol. The van der Waals surface area contributed by atoms with Gasteiger partial charge in [0.2, 0.25) is 0 Å². The lowest BCUT2D eigenvalue weighted by atomic mass is 10.2. The normalized spacial score (nSPS) is 11.0. The third kappa shape index (κ3) is 3.81. The molecule has 1 nitrogen and oxygen atoms in total. The lowest BCUT2D eigenvalue weighted by Gasteiger charge is -1.96. The zero-order valence-corrected chi connectivity index (χ0v) is 8.48. The van der Waals surface area contributed by atoms with Crippen molar-refractivity contribution in [3.05, 3.63) is 47.0 Å². The fourth-order valence-electron chi connectivity index (χ4n) is 0.924. The second-order valence-corrected chi connectivity index (χ2v) is 3.35. The summed E-state index contributed by atoms with van der Waals surface area (Å²) in [6.45, 7) is 0.476. The second-order valence-electron chi connectivity index (χ2n) is 2.48. The van der Waals surface area contributed by atoms with Crippen molar-refractivity contribution in [1.82, 2.24) is 0 Å². The highest BCUT2D eigenvalue weighted by Crippen LogP contribution is 2.19. The van der Waals surface area contributed by atoms with Crippen LogP contribution >= 0.6 is 23.2 Å². The summed E-state index contributed by atoms with van der Waals surface area (Å²) < 4.78 is 4.62. The summed E-state index contributed by atoms with van der Waals surface area (Å²) in [6.07, 6.45) is 3.72. The predicted octanol–water partition coefficient (Wildman–Crippen LogP) is 3.81. The van der Waals surface area contributed by atoms with Crippen LogP contribution in [0.2, 0.25) is 10.0 Å². The van der Waals surface area contributed by atoms with E-state index in [-0.39, 0.29) is 0 Å². The molecular weight excluding hydrogens is 207 g/mol. The molecule has 0 aliphatic heterocycles. The van der Waals surface area contributed by atoms with Crippen LogP contribution in [0, 0.1) is 7.11 Å². The Hall–Kier alpha value is -0.500. The van der Waals surface area contributed by atoms with Crippen molar-refractivity contribution in [3.63, 3.8) is 0 Å². The first-order valence-corrected chi connectivity index (χ1v) is 4.47. The first kappa shape index (κ1) is 10.6. The molecule has 1 aromatic rings. The summed E-state index contributed by atoms with van der Waals surface area (Å²) in [4.78, 5) is 0. The van der Waals surface area contributed by atoms with Crippen molar-refractivity contribution >= 4 is 29.3 Å². The minimum Gasteiger partial charge on any atom is -0.375 e. The number of rotatable bonds is 3. The van der Waals surface area contributed by atoms with Gasteiger partial charge in [-0.2, -0.15) is 0 Å². The van der Waals surface area contributed by atoms with E-state index in [9.17, 15) is 0 Å². The van der Waals surface area contributed by atoms with Crippen molar-refractivity contribution in [2.24, 2.45) is 0 Å². The summed E-state index contributed by atoms with van der Waals surface area (Å²) in [5, 5.41) is 1.25. The van der Waals surface area contributed by atoms with Gasteiger partial charge in [0, 0.05) is 10.0 Å². The van der Waals surface area contributed by atoms with Gasteiger partial charge in [0.15, 0.2) is 0 Å². The highest BCUT2D eigenvalue weighted by atomic mass is 35.5. The molecule has 0 aliphatic rings. The number of hydrogen-bond acceptors (Lipinski definition) is 1. The molecule has 0 amide bonds. The van der Waals surface area contributed by atoms with E-state index < -0.39 is 0 Å². The van der Waals surface area contributed by atoms with Crippen LogP contribution in [0.25, 0.3) is 6.08 Å². The predicted molar refractivity (Wildman–Crippen MR) is 56.8 cm³/mol. The third-order valence-corrected chi connectivity index (χ3v) is 1.85. The fraction of sp³-hybridized carbons (Fsp3) is 0.100. The van der Waals surface area contributed by atoms with E-state index in [1.54, 1.807) is 6.07 Å². The quantitative estimate of drug-likeness (QED) is 0.746. The van der Waals surface area contributed by atoms with Gasteiger partial charge in [-0.25, -0.2) is 0 Å². The highest BCUT2D eigenvalue weighted by molar-refractivity contribution is 6.34. The van der Waals surface area contributed by atoms with E-state index in [0.717, 1.165) is 5.56 Å². The van der Waals surface area contributed by atoms with Crippen LogP contribution in [0.15, 0.2) is 24.3 Å². The molecular formula is C10H9Cl2O. The molecule has 0 heterocycles. The molecule has 0 saturated heterocycles. The smallest absolute Gasteiger partial charge is 0.0704 e. The standard InChI is InChI=1S/C10H9Cl2O/c1-13-4-2-3-8-5-9(11)7-10(12)6-8/h2-3,5-7H,1,4H2. The van der Waals surface area contributed by atoms with E-state index in [1.807, 2.05) is 24.3 Å². The Balaban J connectivity index is 2.77. The Morgan fingerprint density at radius 3 is 2.38 bits per heavy atom. The molecule has 0 saturated carbocycles. The summed E-state index contributed by atoms with van der Waals surface area (Å²) in [6, 6.07) is 5.35. The average molecular weight is 216 g/mol. The maximum absolute atomic E-state index is 5.80. The van der Waals surface area contributed by atoms with Gasteiger partial charge >= 0.3 is 0 Å². The van der Waals surface area contributed by atoms with Crippen LogP contribution in [-0.2, 0) is 4.74 Å². The second kappa shape index (κ2) is 5.28. The molecule has 13 heavy (non-hydrogen) atoms. The largest absolute Gasteiger partial charge is 0.375 e. The fourth-order valence-corrected chi connectivity index (χ4v) is 1.47. The molecule has 0 spiro atoms. The maximum atomic E-state index is 5.80.